The Bertz CT molecular complexity index is 270. The van der Waals surface area contributed by atoms with Crippen LogP contribution in [0.2, 0.25) is 0 Å². The van der Waals surface area contributed by atoms with Crippen molar-refractivity contribution in [3.63, 3.8) is 0 Å². The van der Waals surface area contributed by atoms with E-state index in [-0.39, 0.29) is 5.92 Å². The van der Waals surface area contributed by atoms with Gasteiger partial charge in [0.15, 0.2) is 5.79 Å². The van der Waals surface area contributed by atoms with Crippen LogP contribution in [0.1, 0.15) is 17.9 Å². The first-order valence-corrected chi connectivity index (χ1v) is 4.09. The third-order valence-electron chi connectivity index (χ3n) is 2.44. The second-order valence-electron chi connectivity index (χ2n) is 3.22. The summed E-state index contributed by atoms with van der Waals surface area (Å²) in [7, 11) is 1.54. The number of hydrogen-bond acceptors (Lipinski definition) is 2. The Hall–Kier alpha value is -0.860. The largest absolute Gasteiger partial charge is 0.365 e. The highest BCUT2D eigenvalue weighted by Crippen LogP contribution is 2.51. The fourth-order valence-electron chi connectivity index (χ4n) is 1.52. The lowest BCUT2D eigenvalue weighted by Gasteiger charge is -2.06. The number of benzene rings is 1. The first kappa shape index (κ1) is 7.77. The van der Waals surface area contributed by atoms with Crippen molar-refractivity contribution in [1.82, 2.24) is 0 Å². The number of rotatable bonds is 2. The van der Waals surface area contributed by atoms with Crippen LogP contribution in [0.4, 0.5) is 0 Å². The zero-order chi connectivity index (χ0) is 8.60. The van der Waals surface area contributed by atoms with Crippen molar-refractivity contribution >= 4 is 0 Å². The first-order chi connectivity index (χ1) is 5.76. The van der Waals surface area contributed by atoms with Crippen molar-refractivity contribution in [3.05, 3.63) is 35.9 Å². The molecule has 1 aromatic rings. The van der Waals surface area contributed by atoms with Gasteiger partial charge in [-0.25, -0.2) is 0 Å². The van der Waals surface area contributed by atoms with Crippen LogP contribution in [0, 0.1) is 0 Å². The van der Waals surface area contributed by atoms with E-state index in [2.05, 4.69) is 0 Å². The van der Waals surface area contributed by atoms with E-state index < -0.39 is 5.79 Å². The molecular weight excluding hydrogens is 152 g/mol. The van der Waals surface area contributed by atoms with Crippen molar-refractivity contribution in [2.24, 2.45) is 0 Å². The lowest BCUT2D eigenvalue weighted by atomic mass is 10.1. The van der Waals surface area contributed by atoms with E-state index in [0.29, 0.717) is 6.42 Å². The van der Waals surface area contributed by atoms with Gasteiger partial charge in [0.1, 0.15) is 0 Å². The minimum Gasteiger partial charge on any atom is -0.365 e. The van der Waals surface area contributed by atoms with Gasteiger partial charge >= 0.3 is 0 Å². The Kier molecular flexibility index (Phi) is 1.67. The van der Waals surface area contributed by atoms with E-state index in [1.54, 1.807) is 7.11 Å². The average Bonchev–Trinajstić information content (AvgIpc) is 2.81. The topological polar surface area (TPSA) is 29.5 Å². The highest BCUT2D eigenvalue weighted by molar-refractivity contribution is 5.28. The molecule has 0 saturated heterocycles. The fourth-order valence-corrected chi connectivity index (χ4v) is 1.52. The molecule has 1 saturated carbocycles. The SMILES string of the molecule is COC1(O)CC1c1ccccc1. The van der Waals surface area contributed by atoms with Crippen LogP contribution in [-0.4, -0.2) is 18.0 Å². The molecule has 0 aromatic heterocycles. The van der Waals surface area contributed by atoms with Gasteiger partial charge in [-0.3, -0.25) is 0 Å². The molecule has 2 unspecified atom stereocenters. The summed E-state index contributed by atoms with van der Waals surface area (Å²) in [6, 6.07) is 9.95. The molecule has 1 aliphatic carbocycles. The van der Waals surface area contributed by atoms with E-state index in [1.807, 2.05) is 30.3 Å². The van der Waals surface area contributed by atoms with Crippen LogP contribution >= 0.6 is 0 Å². The van der Waals surface area contributed by atoms with E-state index in [9.17, 15) is 5.11 Å². The number of ether oxygens (including phenoxy) is 1. The van der Waals surface area contributed by atoms with Crippen LogP contribution < -0.4 is 0 Å². The number of methoxy groups -OCH3 is 1. The summed E-state index contributed by atoms with van der Waals surface area (Å²) in [5.41, 5.74) is 1.15. The number of hydrogen-bond donors (Lipinski definition) is 1. The van der Waals surface area contributed by atoms with Crippen LogP contribution in [0.5, 0.6) is 0 Å². The fraction of sp³-hybridized carbons (Fsp3) is 0.400. The summed E-state index contributed by atoms with van der Waals surface area (Å²) in [4.78, 5) is 0. The monoisotopic (exact) mass is 164 g/mol. The van der Waals surface area contributed by atoms with E-state index in [0.717, 1.165) is 5.56 Å². The minimum atomic E-state index is -0.888. The Morgan fingerprint density at radius 3 is 2.58 bits per heavy atom. The molecule has 1 aliphatic rings. The third kappa shape index (κ3) is 1.13. The van der Waals surface area contributed by atoms with E-state index in [4.69, 9.17) is 4.74 Å². The molecule has 0 radical (unpaired) electrons. The summed E-state index contributed by atoms with van der Waals surface area (Å²) in [6.07, 6.45) is 0.716. The second kappa shape index (κ2) is 2.57. The second-order valence-corrected chi connectivity index (χ2v) is 3.22. The maximum absolute atomic E-state index is 9.63. The van der Waals surface area contributed by atoms with Crippen LogP contribution in [0.25, 0.3) is 0 Å². The highest BCUT2D eigenvalue weighted by Gasteiger charge is 2.54. The summed E-state index contributed by atoms with van der Waals surface area (Å²) in [5, 5.41) is 9.63. The van der Waals surface area contributed by atoms with Crippen molar-refractivity contribution in [3.8, 4) is 0 Å². The van der Waals surface area contributed by atoms with Gasteiger partial charge in [0, 0.05) is 19.4 Å². The normalized spacial score (nSPS) is 33.3. The van der Waals surface area contributed by atoms with Gasteiger partial charge in [0.05, 0.1) is 0 Å². The summed E-state index contributed by atoms with van der Waals surface area (Å²) < 4.78 is 4.97. The van der Waals surface area contributed by atoms with Crippen LogP contribution in [0.3, 0.4) is 0 Å². The smallest absolute Gasteiger partial charge is 0.172 e. The lowest BCUT2D eigenvalue weighted by molar-refractivity contribution is -0.105. The first-order valence-electron chi connectivity index (χ1n) is 4.09. The predicted molar refractivity (Wildman–Crippen MR) is 45.8 cm³/mol. The average molecular weight is 164 g/mol. The van der Waals surface area contributed by atoms with Gasteiger partial charge in [0.25, 0.3) is 0 Å². The molecule has 12 heavy (non-hydrogen) atoms. The molecule has 1 N–H and O–H groups in total. The molecule has 1 fully saturated rings. The Labute approximate surface area is 71.8 Å². The van der Waals surface area contributed by atoms with Gasteiger partial charge in [-0.2, -0.15) is 0 Å². The van der Waals surface area contributed by atoms with Gasteiger partial charge in [0.2, 0.25) is 0 Å². The quantitative estimate of drug-likeness (QED) is 0.671. The van der Waals surface area contributed by atoms with Crippen LogP contribution in [0.15, 0.2) is 30.3 Å². The molecule has 0 spiro atoms. The minimum absolute atomic E-state index is 0.170. The Morgan fingerprint density at radius 1 is 1.42 bits per heavy atom. The molecule has 64 valence electrons. The lowest BCUT2D eigenvalue weighted by Crippen LogP contribution is -2.12. The van der Waals surface area contributed by atoms with Gasteiger partial charge in [-0.1, -0.05) is 30.3 Å². The third-order valence-corrected chi connectivity index (χ3v) is 2.44. The Morgan fingerprint density at radius 2 is 2.08 bits per heavy atom. The highest BCUT2D eigenvalue weighted by atomic mass is 16.6. The van der Waals surface area contributed by atoms with Crippen molar-refractivity contribution in [2.75, 3.05) is 7.11 Å². The molecule has 1 aromatic carbocycles. The van der Waals surface area contributed by atoms with Gasteiger partial charge < -0.3 is 9.84 Å². The van der Waals surface area contributed by atoms with Gasteiger partial charge in [-0.15, -0.1) is 0 Å². The maximum Gasteiger partial charge on any atom is 0.172 e. The Balaban J connectivity index is 2.16. The van der Waals surface area contributed by atoms with Crippen LogP contribution in [-0.2, 0) is 4.74 Å². The van der Waals surface area contributed by atoms with Crippen molar-refractivity contribution < 1.29 is 9.84 Å². The summed E-state index contributed by atoms with van der Waals surface area (Å²) in [5.74, 6) is -0.717. The predicted octanol–water partition coefficient (Wildman–Crippen LogP) is 1.51. The molecule has 2 heteroatoms. The van der Waals surface area contributed by atoms with E-state index >= 15 is 0 Å². The molecule has 0 amide bonds. The molecule has 0 bridgehead atoms. The summed E-state index contributed by atoms with van der Waals surface area (Å²) >= 11 is 0. The molecule has 0 aliphatic heterocycles. The van der Waals surface area contributed by atoms with Gasteiger partial charge in [-0.05, 0) is 5.56 Å². The molecular formula is C10H12O2. The number of aliphatic hydroxyl groups is 1. The van der Waals surface area contributed by atoms with Crippen molar-refractivity contribution in [2.45, 2.75) is 18.1 Å². The zero-order valence-electron chi connectivity index (χ0n) is 7.03. The molecule has 2 nitrogen and oxygen atoms in total. The molecule has 2 atom stereocenters. The molecule has 0 heterocycles. The maximum atomic E-state index is 9.63. The standard InChI is InChI=1S/C10H12O2/c1-12-10(11)7-9(10)8-5-3-2-4-6-8/h2-6,9,11H,7H2,1H3. The van der Waals surface area contributed by atoms with Crippen molar-refractivity contribution in [1.29, 1.82) is 0 Å². The van der Waals surface area contributed by atoms with E-state index in [1.165, 1.54) is 0 Å². The summed E-state index contributed by atoms with van der Waals surface area (Å²) in [6.45, 7) is 0. The molecule has 2 rings (SSSR count). The zero-order valence-corrected chi connectivity index (χ0v) is 7.03.